The molecule has 1 heterocycles. The number of nitrogens with zero attached hydrogens (tertiary/aromatic N) is 3. The molecule has 0 aliphatic carbocycles. The highest BCUT2D eigenvalue weighted by atomic mass is 19.4. The van der Waals surface area contributed by atoms with Gasteiger partial charge in [0.1, 0.15) is 19.3 Å². The molecule has 0 spiro atoms. The molecule has 1 aromatic heterocycles. The highest BCUT2D eigenvalue weighted by Crippen LogP contribution is 2.32. The smallest absolute Gasteiger partial charge is 0.416 e. The van der Waals surface area contributed by atoms with Crippen LogP contribution in [0.5, 0.6) is 0 Å². The summed E-state index contributed by atoms with van der Waals surface area (Å²) in [6.07, 6.45) is -1.50. The highest BCUT2D eigenvalue weighted by molar-refractivity contribution is 5.89. The van der Waals surface area contributed by atoms with E-state index in [1.54, 1.807) is 35.3 Å². The molecule has 2 aromatic carbocycles. The van der Waals surface area contributed by atoms with Crippen LogP contribution in [0, 0.1) is 0 Å². The lowest BCUT2D eigenvalue weighted by atomic mass is 10.1. The monoisotopic (exact) mass is 361 g/mol. The molecule has 5 nitrogen and oxygen atoms in total. The number of carbonyl (C=O) groups excluding carboxylic acids is 1. The fraction of sp³-hybridized carbons (Fsp3) is 0.167. The molecule has 0 saturated heterocycles. The Bertz CT molecular complexity index is 875. The van der Waals surface area contributed by atoms with E-state index in [0.29, 0.717) is 6.54 Å². The van der Waals surface area contributed by atoms with Gasteiger partial charge in [-0.2, -0.15) is 18.3 Å². The Balaban J connectivity index is 1.64. The van der Waals surface area contributed by atoms with Crippen LogP contribution in [-0.4, -0.2) is 20.7 Å². The van der Waals surface area contributed by atoms with Crippen LogP contribution in [0.15, 0.2) is 61.2 Å². The third-order valence-electron chi connectivity index (χ3n) is 3.68. The molecule has 3 rings (SSSR count). The summed E-state index contributed by atoms with van der Waals surface area (Å²) in [5.41, 5.74) is 0.262. The molecule has 0 amide bonds. The summed E-state index contributed by atoms with van der Waals surface area (Å²) in [5, 5.41) is 3.98. The van der Waals surface area contributed by atoms with Gasteiger partial charge < -0.3 is 4.74 Å². The normalized spacial score (nSPS) is 11.3. The molecule has 0 unspecified atom stereocenters. The highest BCUT2D eigenvalue weighted by Gasteiger charge is 2.33. The molecule has 134 valence electrons. The van der Waals surface area contributed by atoms with Crippen LogP contribution in [0.2, 0.25) is 0 Å². The quantitative estimate of drug-likeness (QED) is 0.650. The van der Waals surface area contributed by atoms with Crippen LogP contribution in [-0.2, 0) is 24.1 Å². The number of benzene rings is 2. The molecule has 0 aliphatic heterocycles. The van der Waals surface area contributed by atoms with Crippen molar-refractivity contribution in [3.63, 3.8) is 0 Å². The third-order valence-corrected chi connectivity index (χ3v) is 3.68. The van der Waals surface area contributed by atoms with Crippen LogP contribution < -0.4 is 0 Å². The topological polar surface area (TPSA) is 57.0 Å². The minimum atomic E-state index is -4.49. The lowest BCUT2D eigenvalue weighted by Gasteiger charge is -2.13. The number of carbonyl (C=O) groups is 1. The lowest BCUT2D eigenvalue weighted by Crippen LogP contribution is -2.12. The summed E-state index contributed by atoms with van der Waals surface area (Å²) >= 11 is 0. The maximum atomic E-state index is 12.9. The van der Waals surface area contributed by atoms with Gasteiger partial charge in [-0.05, 0) is 23.8 Å². The Labute approximate surface area is 147 Å². The summed E-state index contributed by atoms with van der Waals surface area (Å²) in [4.78, 5) is 15.9. The number of hydrogen-bond donors (Lipinski definition) is 0. The van der Waals surface area contributed by atoms with Gasteiger partial charge in [0.25, 0.3) is 0 Å². The maximum Gasteiger partial charge on any atom is 0.416 e. The van der Waals surface area contributed by atoms with Crippen LogP contribution in [0.1, 0.15) is 27.0 Å². The Kier molecular flexibility index (Phi) is 5.01. The van der Waals surface area contributed by atoms with E-state index in [9.17, 15) is 18.0 Å². The zero-order valence-corrected chi connectivity index (χ0v) is 13.5. The molecule has 0 bridgehead atoms. The molecule has 0 aliphatic rings. The molecule has 0 N–H and O–H groups in total. The van der Waals surface area contributed by atoms with Gasteiger partial charge in [-0.15, -0.1) is 0 Å². The number of esters is 1. The predicted octanol–water partition coefficient (Wildman–Crippen LogP) is 3.70. The van der Waals surface area contributed by atoms with Gasteiger partial charge in [0.15, 0.2) is 0 Å². The Hall–Kier alpha value is -3.16. The average molecular weight is 361 g/mol. The molecular weight excluding hydrogens is 347 g/mol. The molecule has 26 heavy (non-hydrogen) atoms. The van der Waals surface area contributed by atoms with Gasteiger partial charge in [-0.25, -0.2) is 14.5 Å². The number of hydrogen-bond acceptors (Lipinski definition) is 4. The first-order valence-electron chi connectivity index (χ1n) is 7.67. The van der Waals surface area contributed by atoms with Crippen LogP contribution in [0.3, 0.4) is 0 Å². The zero-order valence-electron chi connectivity index (χ0n) is 13.5. The van der Waals surface area contributed by atoms with Crippen molar-refractivity contribution in [3.8, 4) is 0 Å². The summed E-state index contributed by atoms with van der Waals surface area (Å²) in [5.74, 6) is -0.686. The standard InChI is InChI=1S/C18H14F3N3O2/c19-18(20,21)16-4-2-1-3-15(16)10-26-17(25)14-7-5-13(6-8-14)9-24-12-22-11-23-24/h1-8,11-12H,9-10H2. The number of aromatic nitrogens is 3. The number of alkyl halides is 3. The van der Waals surface area contributed by atoms with E-state index in [1.807, 2.05) is 0 Å². The molecule has 8 heteroatoms. The second kappa shape index (κ2) is 7.38. The van der Waals surface area contributed by atoms with E-state index in [-0.39, 0.29) is 11.1 Å². The van der Waals surface area contributed by atoms with Crippen molar-refractivity contribution in [1.29, 1.82) is 0 Å². The van der Waals surface area contributed by atoms with E-state index in [4.69, 9.17) is 4.74 Å². The maximum absolute atomic E-state index is 12.9. The van der Waals surface area contributed by atoms with Gasteiger partial charge in [0.05, 0.1) is 17.7 Å². The average Bonchev–Trinajstić information content (AvgIpc) is 3.13. The van der Waals surface area contributed by atoms with Crippen molar-refractivity contribution >= 4 is 5.97 Å². The van der Waals surface area contributed by atoms with Crippen LogP contribution >= 0.6 is 0 Å². The fourth-order valence-corrected chi connectivity index (χ4v) is 2.40. The Morgan fingerprint density at radius 3 is 2.46 bits per heavy atom. The van der Waals surface area contributed by atoms with Gasteiger partial charge >= 0.3 is 12.1 Å². The zero-order chi connectivity index (χ0) is 18.6. The van der Waals surface area contributed by atoms with Gasteiger partial charge in [0.2, 0.25) is 0 Å². The predicted molar refractivity (Wildman–Crippen MR) is 86.1 cm³/mol. The van der Waals surface area contributed by atoms with Crippen LogP contribution in [0.25, 0.3) is 0 Å². The first kappa shape index (κ1) is 17.7. The largest absolute Gasteiger partial charge is 0.457 e. The Morgan fingerprint density at radius 1 is 1.08 bits per heavy atom. The molecule has 0 saturated carbocycles. The van der Waals surface area contributed by atoms with Gasteiger partial charge in [-0.3, -0.25) is 0 Å². The van der Waals surface area contributed by atoms with Crippen molar-refractivity contribution in [2.24, 2.45) is 0 Å². The van der Waals surface area contributed by atoms with E-state index in [0.717, 1.165) is 11.6 Å². The summed E-state index contributed by atoms with van der Waals surface area (Å²) in [6.45, 7) is 0.0451. The van der Waals surface area contributed by atoms with E-state index in [1.165, 1.54) is 24.5 Å². The van der Waals surface area contributed by atoms with E-state index < -0.39 is 24.3 Å². The molecule has 0 atom stereocenters. The van der Waals surface area contributed by atoms with E-state index in [2.05, 4.69) is 10.1 Å². The first-order chi connectivity index (χ1) is 12.4. The number of ether oxygens (including phenoxy) is 1. The SMILES string of the molecule is O=C(OCc1ccccc1C(F)(F)F)c1ccc(Cn2cncn2)cc1. The molecule has 3 aromatic rings. The molecular formula is C18H14F3N3O2. The second-order valence-corrected chi connectivity index (χ2v) is 5.52. The Morgan fingerprint density at radius 2 is 1.81 bits per heavy atom. The fourth-order valence-electron chi connectivity index (χ4n) is 2.40. The minimum Gasteiger partial charge on any atom is -0.457 e. The van der Waals surface area contributed by atoms with E-state index >= 15 is 0 Å². The van der Waals surface area contributed by atoms with Crippen molar-refractivity contribution < 1.29 is 22.7 Å². The number of rotatable bonds is 5. The van der Waals surface area contributed by atoms with Crippen molar-refractivity contribution in [3.05, 3.63) is 83.4 Å². The second-order valence-electron chi connectivity index (χ2n) is 5.52. The van der Waals surface area contributed by atoms with Crippen LogP contribution in [0.4, 0.5) is 13.2 Å². The van der Waals surface area contributed by atoms with Crippen molar-refractivity contribution in [1.82, 2.24) is 14.8 Å². The molecule has 0 fully saturated rings. The summed E-state index contributed by atoms with van der Waals surface area (Å²) < 4.78 is 45.5. The van der Waals surface area contributed by atoms with Gasteiger partial charge in [0, 0.05) is 5.56 Å². The summed E-state index contributed by atoms with van der Waals surface area (Å²) in [6, 6.07) is 11.6. The number of halogens is 3. The first-order valence-corrected chi connectivity index (χ1v) is 7.67. The minimum absolute atomic E-state index is 0.0869. The lowest BCUT2D eigenvalue weighted by molar-refractivity contribution is -0.138. The molecule has 0 radical (unpaired) electrons. The third kappa shape index (κ3) is 4.27. The van der Waals surface area contributed by atoms with Crippen molar-refractivity contribution in [2.75, 3.05) is 0 Å². The van der Waals surface area contributed by atoms with Gasteiger partial charge in [-0.1, -0.05) is 30.3 Å². The van der Waals surface area contributed by atoms with Crippen molar-refractivity contribution in [2.45, 2.75) is 19.3 Å². The summed E-state index contributed by atoms with van der Waals surface area (Å²) in [7, 11) is 0.